The van der Waals surface area contributed by atoms with E-state index in [9.17, 15) is 14.9 Å². The third kappa shape index (κ3) is 3.96. The van der Waals surface area contributed by atoms with Crippen molar-refractivity contribution in [2.24, 2.45) is 5.10 Å². The summed E-state index contributed by atoms with van der Waals surface area (Å²) in [5, 5.41) is 15.0. The van der Waals surface area contributed by atoms with Gasteiger partial charge in [-0.15, -0.1) is 0 Å². The lowest BCUT2D eigenvalue weighted by molar-refractivity contribution is -0.384. The zero-order valence-electron chi connectivity index (χ0n) is 13.3. The molecular formula is C18H12ClN3O4. The van der Waals surface area contributed by atoms with Crippen LogP contribution in [-0.2, 0) is 0 Å². The number of furan rings is 1. The summed E-state index contributed by atoms with van der Waals surface area (Å²) >= 11 is 6.12. The highest BCUT2D eigenvalue weighted by atomic mass is 35.5. The Hall–Kier alpha value is -3.45. The van der Waals surface area contributed by atoms with E-state index in [0.717, 1.165) is 5.56 Å². The van der Waals surface area contributed by atoms with Gasteiger partial charge in [-0.1, -0.05) is 23.7 Å². The number of nitro groups is 1. The van der Waals surface area contributed by atoms with E-state index in [4.69, 9.17) is 16.0 Å². The minimum atomic E-state index is -0.534. The molecular weight excluding hydrogens is 358 g/mol. The Balaban J connectivity index is 1.65. The zero-order chi connectivity index (χ0) is 18.5. The van der Waals surface area contributed by atoms with E-state index in [1.54, 1.807) is 18.2 Å². The van der Waals surface area contributed by atoms with Crippen LogP contribution in [0.4, 0.5) is 5.69 Å². The number of amides is 1. The molecule has 7 nitrogen and oxygen atoms in total. The third-order valence-corrected chi connectivity index (χ3v) is 3.79. The molecule has 2 aromatic carbocycles. The molecule has 8 heteroatoms. The zero-order valence-corrected chi connectivity index (χ0v) is 14.0. The van der Waals surface area contributed by atoms with E-state index in [1.165, 1.54) is 30.5 Å². The average molecular weight is 370 g/mol. The second-order valence-corrected chi connectivity index (χ2v) is 5.59. The summed E-state index contributed by atoms with van der Waals surface area (Å²) in [5.41, 5.74) is 3.25. The Morgan fingerprint density at radius 1 is 1.12 bits per heavy atom. The van der Waals surface area contributed by atoms with Crippen molar-refractivity contribution in [2.45, 2.75) is 0 Å². The molecule has 0 radical (unpaired) electrons. The lowest BCUT2D eigenvalue weighted by Gasteiger charge is -1.99. The summed E-state index contributed by atoms with van der Waals surface area (Å²) in [4.78, 5) is 22.0. The van der Waals surface area contributed by atoms with Crippen LogP contribution in [0.3, 0.4) is 0 Å². The summed E-state index contributed by atoms with van der Waals surface area (Å²) in [7, 11) is 0. The number of carbonyl (C=O) groups is 1. The van der Waals surface area contributed by atoms with E-state index in [1.807, 2.05) is 18.2 Å². The van der Waals surface area contributed by atoms with Crippen molar-refractivity contribution in [2.75, 3.05) is 0 Å². The molecule has 0 aliphatic heterocycles. The number of nitrogens with one attached hydrogen (secondary N) is 1. The van der Waals surface area contributed by atoms with Crippen LogP contribution < -0.4 is 5.43 Å². The topological polar surface area (TPSA) is 97.7 Å². The Morgan fingerprint density at radius 2 is 1.85 bits per heavy atom. The van der Waals surface area contributed by atoms with Crippen molar-refractivity contribution < 1.29 is 14.1 Å². The maximum absolute atomic E-state index is 11.9. The second-order valence-electron chi connectivity index (χ2n) is 5.18. The van der Waals surface area contributed by atoms with E-state index < -0.39 is 10.8 Å². The molecule has 0 saturated carbocycles. The quantitative estimate of drug-likeness (QED) is 0.412. The maximum Gasteiger partial charge on any atom is 0.271 e. The molecule has 1 N–H and O–H groups in total. The van der Waals surface area contributed by atoms with Gasteiger partial charge < -0.3 is 4.42 Å². The van der Waals surface area contributed by atoms with E-state index in [-0.39, 0.29) is 11.3 Å². The fourth-order valence-corrected chi connectivity index (χ4v) is 2.41. The van der Waals surface area contributed by atoms with Gasteiger partial charge in [0.2, 0.25) is 0 Å². The highest BCUT2D eigenvalue weighted by Gasteiger charge is 2.09. The van der Waals surface area contributed by atoms with Gasteiger partial charge in [0.25, 0.3) is 11.6 Å². The minimum absolute atomic E-state index is 0.0901. The van der Waals surface area contributed by atoms with E-state index in [2.05, 4.69) is 10.5 Å². The normalized spacial score (nSPS) is 10.8. The SMILES string of the molecule is O=C(NN=Cc1ccc(-c2ccccc2Cl)o1)c1ccc([N+](=O)[O-])cc1. The van der Waals surface area contributed by atoms with Crippen molar-refractivity contribution in [3.63, 3.8) is 0 Å². The molecule has 0 atom stereocenters. The first kappa shape index (κ1) is 17.4. The number of hydrazone groups is 1. The Bertz CT molecular complexity index is 980. The van der Waals surface area contributed by atoms with Gasteiger partial charge in [0.15, 0.2) is 0 Å². The van der Waals surface area contributed by atoms with Crippen LogP contribution in [0.1, 0.15) is 16.1 Å². The number of hydrogen-bond donors (Lipinski definition) is 1. The first-order valence-electron chi connectivity index (χ1n) is 7.47. The molecule has 0 unspecified atom stereocenters. The van der Waals surface area contributed by atoms with Gasteiger partial charge in [-0.25, -0.2) is 5.43 Å². The van der Waals surface area contributed by atoms with Gasteiger partial charge in [-0.05, 0) is 36.4 Å². The van der Waals surface area contributed by atoms with Gasteiger partial charge >= 0.3 is 0 Å². The largest absolute Gasteiger partial charge is 0.455 e. The number of benzene rings is 2. The highest BCUT2D eigenvalue weighted by molar-refractivity contribution is 6.33. The standard InChI is InChI=1S/C18H12ClN3O4/c19-16-4-2-1-3-15(16)17-10-9-14(26-17)11-20-21-18(23)12-5-7-13(8-6-12)22(24)25/h1-11H,(H,21,23). The van der Waals surface area contributed by atoms with Crippen LogP contribution in [0.2, 0.25) is 5.02 Å². The number of nitrogens with zero attached hydrogens (tertiary/aromatic N) is 2. The summed E-state index contributed by atoms with van der Waals surface area (Å²) in [5.74, 6) is 0.525. The average Bonchev–Trinajstić information content (AvgIpc) is 3.10. The van der Waals surface area contributed by atoms with Crippen LogP contribution in [0.25, 0.3) is 11.3 Å². The van der Waals surface area contributed by atoms with Crippen LogP contribution in [0.15, 0.2) is 70.2 Å². The molecule has 0 fully saturated rings. The Labute approximate surface area is 153 Å². The smallest absolute Gasteiger partial charge is 0.271 e. The number of non-ortho nitro benzene ring substituents is 1. The van der Waals surface area contributed by atoms with Crippen molar-refractivity contribution in [3.8, 4) is 11.3 Å². The lowest BCUT2D eigenvalue weighted by Crippen LogP contribution is -2.17. The number of rotatable bonds is 5. The summed E-state index contributed by atoms with van der Waals surface area (Å²) in [6.07, 6.45) is 1.35. The molecule has 130 valence electrons. The number of halogens is 1. The minimum Gasteiger partial charge on any atom is -0.455 e. The Morgan fingerprint density at radius 3 is 2.54 bits per heavy atom. The van der Waals surface area contributed by atoms with Gasteiger partial charge in [0.1, 0.15) is 11.5 Å². The monoisotopic (exact) mass is 369 g/mol. The first-order chi connectivity index (χ1) is 12.5. The fraction of sp³-hybridized carbons (Fsp3) is 0. The number of nitro benzene ring substituents is 1. The Kier molecular flexibility index (Phi) is 5.09. The molecule has 0 aliphatic rings. The van der Waals surface area contributed by atoms with Crippen LogP contribution in [-0.4, -0.2) is 17.0 Å². The van der Waals surface area contributed by atoms with E-state index >= 15 is 0 Å². The molecule has 1 heterocycles. The molecule has 0 saturated heterocycles. The predicted molar refractivity (Wildman–Crippen MR) is 97.3 cm³/mol. The maximum atomic E-state index is 11.9. The molecule has 3 aromatic rings. The van der Waals surface area contributed by atoms with Crippen molar-refractivity contribution in [1.82, 2.24) is 5.43 Å². The first-order valence-corrected chi connectivity index (χ1v) is 7.85. The third-order valence-electron chi connectivity index (χ3n) is 3.46. The number of carbonyl (C=O) groups excluding carboxylic acids is 1. The van der Waals surface area contributed by atoms with Gasteiger partial charge in [0, 0.05) is 23.3 Å². The highest BCUT2D eigenvalue weighted by Crippen LogP contribution is 2.28. The van der Waals surface area contributed by atoms with Crippen LogP contribution in [0, 0.1) is 10.1 Å². The molecule has 1 amide bonds. The molecule has 26 heavy (non-hydrogen) atoms. The van der Waals surface area contributed by atoms with Crippen molar-refractivity contribution in [3.05, 3.63) is 87.1 Å². The lowest BCUT2D eigenvalue weighted by atomic mass is 10.2. The summed E-state index contributed by atoms with van der Waals surface area (Å²) in [6.45, 7) is 0. The molecule has 0 spiro atoms. The molecule has 3 rings (SSSR count). The number of hydrogen-bond acceptors (Lipinski definition) is 5. The summed E-state index contributed by atoms with van der Waals surface area (Å²) < 4.78 is 5.62. The van der Waals surface area contributed by atoms with E-state index in [0.29, 0.717) is 16.5 Å². The second kappa shape index (κ2) is 7.62. The van der Waals surface area contributed by atoms with Crippen molar-refractivity contribution in [1.29, 1.82) is 0 Å². The van der Waals surface area contributed by atoms with Gasteiger partial charge in [0.05, 0.1) is 16.2 Å². The molecule has 0 bridgehead atoms. The van der Waals surface area contributed by atoms with Gasteiger partial charge in [-0.3, -0.25) is 14.9 Å². The van der Waals surface area contributed by atoms with Gasteiger partial charge in [-0.2, -0.15) is 5.10 Å². The summed E-state index contributed by atoms with van der Waals surface area (Å²) in [6, 6.07) is 15.9. The van der Waals surface area contributed by atoms with Crippen LogP contribution >= 0.6 is 11.6 Å². The molecule has 1 aromatic heterocycles. The fourth-order valence-electron chi connectivity index (χ4n) is 2.18. The predicted octanol–water partition coefficient (Wildman–Crippen LogP) is 4.27. The van der Waals surface area contributed by atoms with Crippen LogP contribution in [0.5, 0.6) is 0 Å². The molecule has 0 aliphatic carbocycles. The van der Waals surface area contributed by atoms with Crippen molar-refractivity contribution >= 4 is 29.4 Å².